The second-order valence-corrected chi connectivity index (χ2v) is 6.53. The quantitative estimate of drug-likeness (QED) is 0.610. The van der Waals surface area contributed by atoms with Gasteiger partial charge in [0.05, 0.1) is 22.7 Å². The van der Waals surface area contributed by atoms with Crippen molar-refractivity contribution in [2.75, 3.05) is 7.11 Å². The number of fused-ring (bicyclic) bond motifs is 3. The van der Waals surface area contributed by atoms with E-state index in [1.807, 2.05) is 25.1 Å². The summed E-state index contributed by atoms with van der Waals surface area (Å²) in [6.07, 6.45) is 1.79. The van der Waals surface area contributed by atoms with Crippen molar-refractivity contribution in [2.24, 2.45) is 0 Å². The predicted octanol–water partition coefficient (Wildman–Crippen LogP) is 2.48. The molecule has 0 bridgehead atoms. The summed E-state index contributed by atoms with van der Waals surface area (Å²) >= 11 is 1.35. The molecular weight excluding hydrogens is 324 g/mol. The minimum Gasteiger partial charge on any atom is -0.504 e. The first-order chi connectivity index (χ1) is 11.6. The van der Waals surface area contributed by atoms with Gasteiger partial charge in [0.1, 0.15) is 0 Å². The molecule has 0 spiro atoms. The maximum Gasteiger partial charge on any atom is 0.274 e. The fourth-order valence-corrected chi connectivity index (χ4v) is 3.79. The molecule has 0 atom stereocenters. The monoisotopic (exact) mass is 338 g/mol. The van der Waals surface area contributed by atoms with Crippen LogP contribution >= 0.6 is 11.3 Å². The first-order valence-corrected chi connectivity index (χ1v) is 8.19. The highest BCUT2D eigenvalue weighted by atomic mass is 32.1. The number of nitrogens with zero attached hydrogens (tertiary/aromatic N) is 2. The van der Waals surface area contributed by atoms with Crippen molar-refractivity contribution in [3.63, 3.8) is 0 Å². The molecule has 5 nitrogen and oxygen atoms in total. The minimum atomic E-state index is -0.0844. The molecule has 6 heteroatoms. The molecule has 0 aliphatic heterocycles. The first kappa shape index (κ1) is 14.7. The van der Waals surface area contributed by atoms with Crippen LogP contribution in [0.5, 0.6) is 11.5 Å². The number of rotatable bonds is 2. The summed E-state index contributed by atoms with van der Waals surface area (Å²) in [5, 5.41) is 9.67. The van der Waals surface area contributed by atoms with E-state index in [1.165, 1.54) is 18.4 Å². The Hall–Kier alpha value is -2.86. The third-order valence-corrected chi connectivity index (χ3v) is 4.93. The number of thiazole rings is 1. The van der Waals surface area contributed by atoms with Crippen molar-refractivity contribution in [1.29, 1.82) is 0 Å². The highest BCUT2D eigenvalue weighted by Crippen LogP contribution is 2.26. The summed E-state index contributed by atoms with van der Waals surface area (Å²) in [6.45, 7) is 1.97. The van der Waals surface area contributed by atoms with Gasteiger partial charge in [-0.05, 0) is 42.3 Å². The van der Waals surface area contributed by atoms with Crippen molar-refractivity contribution >= 4 is 33.4 Å². The number of phenols is 1. The summed E-state index contributed by atoms with van der Waals surface area (Å²) in [5.74, 6) is 0.443. The van der Waals surface area contributed by atoms with Gasteiger partial charge in [0, 0.05) is 0 Å². The first-order valence-electron chi connectivity index (χ1n) is 7.38. The standard InChI is InChI=1S/C18H14N2O3S/c1-10-4-3-5-12-16(10)20-17(22)15(24-18(20)19-12)9-11-6-7-13(21)14(8-11)23-2/h3-9,21H,1-2H3/b15-9-. The Morgan fingerprint density at radius 2 is 2.12 bits per heavy atom. The molecule has 0 aliphatic rings. The number of para-hydroxylation sites is 1. The molecule has 2 heterocycles. The zero-order chi connectivity index (χ0) is 16.8. The molecule has 2 aromatic carbocycles. The fourth-order valence-electron chi connectivity index (χ4n) is 2.81. The average molecular weight is 338 g/mol. The van der Waals surface area contributed by atoms with Gasteiger partial charge in [-0.3, -0.25) is 4.79 Å². The largest absolute Gasteiger partial charge is 0.504 e. The van der Waals surface area contributed by atoms with E-state index >= 15 is 0 Å². The molecule has 0 amide bonds. The van der Waals surface area contributed by atoms with Crippen molar-refractivity contribution < 1.29 is 9.84 Å². The van der Waals surface area contributed by atoms with E-state index in [0.29, 0.717) is 15.2 Å². The van der Waals surface area contributed by atoms with Crippen LogP contribution in [0.3, 0.4) is 0 Å². The molecule has 0 radical (unpaired) electrons. The smallest absolute Gasteiger partial charge is 0.274 e. The summed E-state index contributed by atoms with van der Waals surface area (Å²) in [5.41, 5.74) is 3.41. The van der Waals surface area contributed by atoms with Crippen LogP contribution in [0.1, 0.15) is 11.1 Å². The van der Waals surface area contributed by atoms with Crippen molar-refractivity contribution in [3.8, 4) is 11.5 Å². The lowest BCUT2D eigenvalue weighted by atomic mass is 10.2. The van der Waals surface area contributed by atoms with E-state index in [1.54, 1.807) is 28.7 Å². The molecule has 120 valence electrons. The normalized spacial score (nSPS) is 12.3. The molecular formula is C18H14N2O3S. The summed E-state index contributed by atoms with van der Waals surface area (Å²) in [7, 11) is 1.49. The molecule has 0 fully saturated rings. The maximum absolute atomic E-state index is 12.8. The number of aromatic nitrogens is 2. The van der Waals surface area contributed by atoms with Crippen LogP contribution in [0.15, 0.2) is 41.2 Å². The van der Waals surface area contributed by atoms with Gasteiger partial charge in [0.15, 0.2) is 16.5 Å². The minimum absolute atomic E-state index is 0.0691. The van der Waals surface area contributed by atoms with Crippen LogP contribution in [-0.2, 0) is 0 Å². The summed E-state index contributed by atoms with van der Waals surface area (Å²) < 4.78 is 7.37. The van der Waals surface area contributed by atoms with Gasteiger partial charge in [0.2, 0.25) is 0 Å². The van der Waals surface area contributed by atoms with E-state index < -0.39 is 0 Å². The Balaban J connectivity index is 1.98. The Kier molecular flexibility index (Phi) is 3.28. The van der Waals surface area contributed by atoms with Gasteiger partial charge in [-0.25, -0.2) is 9.38 Å². The van der Waals surface area contributed by atoms with Crippen molar-refractivity contribution in [3.05, 3.63) is 62.4 Å². The molecule has 0 unspecified atom stereocenters. The number of aromatic hydroxyl groups is 1. The SMILES string of the molecule is COc1cc(/C=c2\sc3nc4cccc(C)c4n3c2=O)ccc1O. The van der Waals surface area contributed by atoms with Crippen LogP contribution in [0.25, 0.3) is 22.1 Å². The Morgan fingerprint density at radius 1 is 1.29 bits per heavy atom. The molecule has 4 rings (SSSR count). The van der Waals surface area contributed by atoms with E-state index in [4.69, 9.17) is 4.74 Å². The van der Waals surface area contributed by atoms with Crippen LogP contribution in [0.4, 0.5) is 0 Å². The Bertz CT molecular complexity index is 1190. The molecule has 1 N–H and O–H groups in total. The third kappa shape index (κ3) is 2.15. The molecule has 0 saturated carbocycles. The van der Waals surface area contributed by atoms with Crippen molar-refractivity contribution in [2.45, 2.75) is 6.92 Å². The van der Waals surface area contributed by atoms with Gasteiger partial charge < -0.3 is 9.84 Å². The Labute approximate surface area is 141 Å². The Morgan fingerprint density at radius 3 is 2.92 bits per heavy atom. The zero-order valence-electron chi connectivity index (χ0n) is 13.1. The number of benzene rings is 2. The predicted molar refractivity (Wildman–Crippen MR) is 95.0 cm³/mol. The number of aryl methyl sites for hydroxylation is 1. The number of hydrogen-bond donors (Lipinski definition) is 1. The topological polar surface area (TPSA) is 63.8 Å². The van der Waals surface area contributed by atoms with E-state index in [2.05, 4.69) is 4.98 Å². The fraction of sp³-hybridized carbons (Fsp3) is 0.111. The number of ether oxygens (including phenoxy) is 1. The summed E-state index contributed by atoms with van der Waals surface area (Å²) in [6, 6.07) is 10.8. The second-order valence-electron chi connectivity index (χ2n) is 5.52. The van der Waals surface area contributed by atoms with Crippen LogP contribution in [0, 0.1) is 6.92 Å². The molecule has 2 aromatic heterocycles. The van der Waals surface area contributed by atoms with Crippen LogP contribution in [0.2, 0.25) is 0 Å². The van der Waals surface area contributed by atoms with Gasteiger partial charge in [-0.2, -0.15) is 0 Å². The second kappa shape index (κ2) is 5.35. The van der Waals surface area contributed by atoms with Gasteiger partial charge in [0.25, 0.3) is 5.56 Å². The van der Waals surface area contributed by atoms with E-state index in [9.17, 15) is 9.90 Å². The lowest BCUT2D eigenvalue weighted by Crippen LogP contribution is -2.22. The lowest BCUT2D eigenvalue weighted by Gasteiger charge is -2.03. The highest BCUT2D eigenvalue weighted by Gasteiger charge is 2.12. The molecule has 0 saturated heterocycles. The highest BCUT2D eigenvalue weighted by molar-refractivity contribution is 7.15. The van der Waals surface area contributed by atoms with Gasteiger partial charge >= 0.3 is 0 Å². The van der Waals surface area contributed by atoms with Gasteiger partial charge in [-0.1, -0.05) is 29.5 Å². The molecule has 24 heavy (non-hydrogen) atoms. The number of imidazole rings is 1. The molecule has 0 aliphatic carbocycles. The lowest BCUT2D eigenvalue weighted by molar-refractivity contribution is 0.373. The maximum atomic E-state index is 12.8. The number of methoxy groups -OCH3 is 1. The third-order valence-electron chi connectivity index (χ3n) is 3.96. The zero-order valence-corrected chi connectivity index (χ0v) is 13.9. The van der Waals surface area contributed by atoms with E-state index in [-0.39, 0.29) is 11.3 Å². The van der Waals surface area contributed by atoms with Crippen LogP contribution in [-0.4, -0.2) is 21.6 Å². The van der Waals surface area contributed by atoms with Crippen molar-refractivity contribution in [1.82, 2.24) is 9.38 Å². The van der Waals surface area contributed by atoms with E-state index in [0.717, 1.165) is 22.2 Å². The molecule has 4 aromatic rings. The summed E-state index contributed by atoms with van der Waals surface area (Å²) in [4.78, 5) is 18.0. The van der Waals surface area contributed by atoms with Crippen LogP contribution < -0.4 is 14.8 Å². The average Bonchev–Trinajstić information content (AvgIpc) is 3.07. The van der Waals surface area contributed by atoms with Gasteiger partial charge in [-0.15, -0.1) is 0 Å². The number of phenolic OH excluding ortho intramolecular Hbond substituents is 1. The number of hydrogen-bond acceptors (Lipinski definition) is 5.